The van der Waals surface area contributed by atoms with Gasteiger partial charge >= 0.3 is 0 Å². The lowest BCUT2D eigenvalue weighted by Crippen LogP contribution is -2.48. The third kappa shape index (κ3) is 4.17. The van der Waals surface area contributed by atoms with E-state index in [0.717, 1.165) is 37.3 Å². The molecular formula is C21H30N4O. The minimum Gasteiger partial charge on any atom is -0.353 e. The van der Waals surface area contributed by atoms with Crippen molar-refractivity contribution < 1.29 is 4.79 Å². The van der Waals surface area contributed by atoms with Gasteiger partial charge in [-0.05, 0) is 56.3 Å². The van der Waals surface area contributed by atoms with Gasteiger partial charge in [0.25, 0.3) is 5.91 Å². The van der Waals surface area contributed by atoms with Crippen molar-refractivity contribution in [3.63, 3.8) is 0 Å². The molecule has 1 N–H and O–H groups in total. The van der Waals surface area contributed by atoms with Gasteiger partial charge in [-0.15, -0.1) is 0 Å². The van der Waals surface area contributed by atoms with Crippen molar-refractivity contribution in [2.45, 2.75) is 19.9 Å². The Balaban J connectivity index is 1.72. The third-order valence-electron chi connectivity index (χ3n) is 5.53. The number of nitrogens with zero attached hydrogens (tertiary/aromatic N) is 3. The van der Waals surface area contributed by atoms with Gasteiger partial charge in [0.2, 0.25) is 0 Å². The molecule has 5 nitrogen and oxygen atoms in total. The van der Waals surface area contributed by atoms with Crippen molar-refractivity contribution in [2.24, 2.45) is 7.05 Å². The summed E-state index contributed by atoms with van der Waals surface area (Å²) in [6.07, 6.45) is 2.07. The standard InChI is InChI=1S/C21H30N4O/c1-16-7-8-18(14-17(16)2)21(26)22-15-20(19-6-5-9-24(19)4)25-12-10-23(3)11-13-25/h5-9,14,20H,10-13,15H2,1-4H3,(H,22,26)/t20-/m0/s1. The van der Waals surface area contributed by atoms with E-state index in [1.807, 2.05) is 25.1 Å². The smallest absolute Gasteiger partial charge is 0.251 e. The van der Waals surface area contributed by atoms with Crippen LogP contribution >= 0.6 is 0 Å². The normalized spacial score (nSPS) is 17.2. The molecule has 1 aromatic carbocycles. The first-order chi connectivity index (χ1) is 12.5. The summed E-state index contributed by atoms with van der Waals surface area (Å²) in [5.74, 6) is 0.00133. The van der Waals surface area contributed by atoms with Gasteiger partial charge in [-0.3, -0.25) is 9.69 Å². The summed E-state index contributed by atoms with van der Waals surface area (Å²) in [7, 11) is 4.24. The number of nitrogens with one attached hydrogen (secondary N) is 1. The molecule has 26 heavy (non-hydrogen) atoms. The van der Waals surface area contributed by atoms with Gasteiger partial charge in [0, 0.05) is 57.2 Å². The molecule has 0 saturated carbocycles. The summed E-state index contributed by atoms with van der Waals surface area (Å²) >= 11 is 0. The first kappa shape index (κ1) is 18.7. The van der Waals surface area contributed by atoms with Crippen LogP contribution < -0.4 is 5.32 Å². The summed E-state index contributed by atoms with van der Waals surface area (Å²) in [4.78, 5) is 17.5. The highest BCUT2D eigenvalue weighted by molar-refractivity contribution is 5.94. The SMILES string of the molecule is Cc1ccc(C(=O)NC[C@@H](c2cccn2C)N2CCN(C)CC2)cc1C. The number of benzene rings is 1. The molecule has 1 saturated heterocycles. The molecule has 3 rings (SSSR count). The van der Waals surface area contributed by atoms with Crippen LogP contribution in [0.3, 0.4) is 0 Å². The van der Waals surface area contributed by atoms with Crippen molar-refractivity contribution in [3.05, 3.63) is 58.9 Å². The Morgan fingerprint density at radius 3 is 2.42 bits per heavy atom. The van der Waals surface area contributed by atoms with Crippen molar-refractivity contribution >= 4 is 5.91 Å². The van der Waals surface area contributed by atoms with Crippen LogP contribution in [0.1, 0.15) is 33.2 Å². The number of carbonyl (C=O) groups is 1. The number of carbonyl (C=O) groups excluding carboxylic acids is 1. The largest absolute Gasteiger partial charge is 0.353 e. The van der Waals surface area contributed by atoms with E-state index in [1.165, 1.54) is 11.3 Å². The van der Waals surface area contributed by atoms with Crippen LogP contribution in [0.25, 0.3) is 0 Å². The average Bonchev–Trinajstić information content (AvgIpc) is 3.04. The Morgan fingerprint density at radius 1 is 1.08 bits per heavy atom. The van der Waals surface area contributed by atoms with E-state index >= 15 is 0 Å². The topological polar surface area (TPSA) is 40.5 Å². The summed E-state index contributed by atoms with van der Waals surface area (Å²) in [5, 5.41) is 3.16. The molecule has 2 heterocycles. The summed E-state index contributed by atoms with van der Waals surface area (Å²) in [6.45, 7) is 8.89. The van der Waals surface area contributed by atoms with Crippen LogP contribution in [-0.2, 0) is 7.05 Å². The molecule has 0 radical (unpaired) electrons. The maximum atomic E-state index is 12.7. The molecule has 2 aromatic rings. The first-order valence-electron chi connectivity index (χ1n) is 9.35. The predicted molar refractivity (Wildman–Crippen MR) is 105 cm³/mol. The van der Waals surface area contributed by atoms with Gasteiger partial charge in [0.1, 0.15) is 0 Å². The highest BCUT2D eigenvalue weighted by Gasteiger charge is 2.26. The number of amides is 1. The van der Waals surface area contributed by atoms with E-state index in [0.29, 0.717) is 6.54 Å². The van der Waals surface area contributed by atoms with Crippen LogP contribution in [0.2, 0.25) is 0 Å². The minimum atomic E-state index is 0.00133. The monoisotopic (exact) mass is 354 g/mol. The first-order valence-corrected chi connectivity index (χ1v) is 9.35. The highest BCUT2D eigenvalue weighted by atomic mass is 16.1. The Kier molecular flexibility index (Phi) is 5.79. The van der Waals surface area contributed by atoms with Gasteiger partial charge in [-0.2, -0.15) is 0 Å². The van der Waals surface area contributed by atoms with Crippen LogP contribution in [-0.4, -0.2) is 60.0 Å². The van der Waals surface area contributed by atoms with Crippen molar-refractivity contribution in [1.29, 1.82) is 0 Å². The van der Waals surface area contributed by atoms with Crippen LogP contribution in [0.5, 0.6) is 0 Å². The van der Waals surface area contributed by atoms with Gasteiger partial charge in [0.05, 0.1) is 6.04 Å². The number of hydrogen-bond acceptors (Lipinski definition) is 3. The number of rotatable bonds is 5. The van der Waals surface area contributed by atoms with Crippen molar-refractivity contribution in [1.82, 2.24) is 19.7 Å². The average molecular weight is 354 g/mol. The molecule has 0 spiro atoms. The second-order valence-corrected chi connectivity index (χ2v) is 7.41. The zero-order valence-corrected chi connectivity index (χ0v) is 16.3. The summed E-state index contributed by atoms with van der Waals surface area (Å²) < 4.78 is 2.16. The van der Waals surface area contributed by atoms with E-state index in [2.05, 4.69) is 59.0 Å². The molecule has 1 aromatic heterocycles. The Labute approximate surface area is 156 Å². The third-order valence-corrected chi connectivity index (χ3v) is 5.53. The van der Waals surface area contributed by atoms with Crippen LogP contribution in [0.15, 0.2) is 36.5 Å². The molecule has 0 aliphatic carbocycles. The molecular weight excluding hydrogens is 324 g/mol. The Bertz CT molecular complexity index is 759. The molecule has 1 amide bonds. The number of aryl methyl sites for hydroxylation is 3. The number of hydrogen-bond donors (Lipinski definition) is 1. The predicted octanol–water partition coefficient (Wildman–Crippen LogP) is 2.36. The molecule has 0 bridgehead atoms. The number of likely N-dealkylation sites (N-methyl/N-ethyl adjacent to an activating group) is 1. The molecule has 1 aliphatic heterocycles. The van der Waals surface area contributed by atoms with E-state index in [4.69, 9.17) is 0 Å². The lowest BCUT2D eigenvalue weighted by Gasteiger charge is -2.38. The molecule has 140 valence electrons. The maximum Gasteiger partial charge on any atom is 0.251 e. The molecule has 1 atom stereocenters. The van der Waals surface area contributed by atoms with Crippen molar-refractivity contribution in [3.8, 4) is 0 Å². The Hall–Kier alpha value is -2.11. The quantitative estimate of drug-likeness (QED) is 0.896. The number of aromatic nitrogens is 1. The number of piperazine rings is 1. The van der Waals surface area contributed by atoms with E-state index in [1.54, 1.807) is 0 Å². The van der Waals surface area contributed by atoms with E-state index in [9.17, 15) is 4.79 Å². The molecule has 0 unspecified atom stereocenters. The Morgan fingerprint density at radius 2 is 1.81 bits per heavy atom. The van der Waals surface area contributed by atoms with E-state index < -0.39 is 0 Å². The van der Waals surface area contributed by atoms with Gasteiger partial charge in [-0.25, -0.2) is 0 Å². The molecule has 5 heteroatoms. The second kappa shape index (κ2) is 8.06. The van der Waals surface area contributed by atoms with Gasteiger partial charge in [-0.1, -0.05) is 6.07 Å². The fourth-order valence-corrected chi connectivity index (χ4v) is 3.55. The highest BCUT2D eigenvalue weighted by Crippen LogP contribution is 2.22. The zero-order chi connectivity index (χ0) is 18.7. The summed E-state index contributed by atoms with van der Waals surface area (Å²) in [5.41, 5.74) is 4.34. The molecule has 1 aliphatic rings. The van der Waals surface area contributed by atoms with Crippen LogP contribution in [0.4, 0.5) is 0 Å². The van der Waals surface area contributed by atoms with Gasteiger partial charge < -0.3 is 14.8 Å². The lowest BCUT2D eigenvalue weighted by molar-refractivity contribution is 0.0877. The van der Waals surface area contributed by atoms with Gasteiger partial charge in [0.15, 0.2) is 0 Å². The van der Waals surface area contributed by atoms with Crippen LogP contribution in [0, 0.1) is 13.8 Å². The fraction of sp³-hybridized carbons (Fsp3) is 0.476. The summed E-state index contributed by atoms with van der Waals surface area (Å²) in [6, 6.07) is 10.3. The fourth-order valence-electron chi connectivity index (χ4n) is 3.55. The zero-order valence-electron chi connectivity index (χ0n) is 16.3. The van der Waals surface area contributed by atoms with E-state index in [-0.39, 0.29) is 11.9 Å². The second-order valence-electron chi connectivity index (χ2n) is 7.41. The lowest BCUT2D eigenvalue weighted by atomic mass is 10.1. The maximum absolute atomic E-state index is 12.7. The van der Waals surface area contributed by atoms with Crippen molar-refractivity contribution in [2.75, 3.05) is 39.8 Å². The molecule has 1 fully saturated rings. The minimum absolute atomic E-state index is 0.00133.